The Bertz CT molecular complexity index is 766. The molecule has 1 spiro atoms. The van der Waals surface area contributed by atoms with Crippen molar-refractivity contribution in [1.82, 2.24) is 14.6 Å². The van der Waals surface area contributed by atoms with Crippen LogP contribution < -0.4 is 0 Å². The van der Waals surface area contributed by atoms with Crippen molar-refractivity contribution in [3.63, 3.8) is 0 Å². The third kappa shape index (κ3) is 2.42. The van der Waals surface area contributed by atoms with Crippen molar-refractivity contribution in [3.05, 3.63) is 29.2 Å². The fourth-order valence-electron chi connectivity index (χ4n) is 4.36. The standard InChI is InChI=1S/C18H23N3O2/c1-11(2)15-7-13(6-12-9-18(10-12)4-3-5-18)19-16-8-14(17(22)23)20-21(15)16/h7-8,11-12H,3-6,9-10H2,1-2H3,(H,22,23). The summed E-state index contributed by atoms with van der Waals surface area (Å²) < 4.78 is 1.69. The first-order valence-corrected chi connectivity index (χ1v) is 8.59. The molecule has 2 fully saturated rings. The zero-order valence-corrected chi connectivity index (χ0v) is 13.7. The summed E-state index contributed by atoms with van der Waals surface area (Å²) in [5.74, 6) is 0.0185. The van der Waals surface area contributed by atoms with Gasteiger partial charge >= 0.3 is 5.97 Å². The molecule has 2 saturated carbocycles. The van der Waals surface area contributed by atoms with Gasteiger partial charge in [-0.05, 0) is 55.4 Å². The Morgan fingerprint density at radius 1 is 1.39 bits per heavy atom. The Labute approximate surface area is 135 Å². The highest BCUT2D eigenvalue weighted by Gasteiger charge is 2.47. The average molecular weight is 313 g/mol. The molecule has 2 heterocycles. The predicted molar refractivity (Wildman–Crippen MR) is 86.7 cm³/mol. The van der Waals surface area contributed by atoms with E-state index in [-0.39, 0.29) is 11.6 Å². The SMILES string of the molecule is CC(C)c1cc(CC2CC3(CCC3)C2)nc2cc(C(=O)O)nn12. The normalized spacial score (nSPS) is 20.0. The van der Waals surface area contributed by atoms with Gasteiger partial charge in [-0.1, -0.05) is 20.3 Å². The maximum absolute atomic E-state index is 11.2. The number of carbonyl (C=O) groups is 1. The first-order valence-electron chi connectivity index (χ1n) is 8.59. The number of fused-ring (bicyclic) bond motifs is 1. The van der Waals surface area contributed by atoms with Crippen molar-refractivity contribution >= 4 is 11.6 Å². The molecule has 0 amide bonds. The van der Waals surface area contributed by atoms with E-state index in [0.717, 1.165) is 23.7 Å². The smallest absolute Gasteiger partial charge is 0.356 e. The highest BCUT2D eigenvalue weighted by molar-refractivity contribution is 5.86. The summed E-state index contributed by atoms with van der Waals surface area (Å²) >= 11 is 0. The van der Waals surface area contributed by atoms with Gasteiger partial charge in [0.05, 0.1) is 0 Å². The minimum atomic E-state index is -1.00. The minimum Gasteiger partial charge on any atom is -0.476 e. The van der Waals surface area contributed by atoms with Crippen molar-refractivity contribution in [2.24, 2.45) is 11.3 Å². The molecule has 2 aliphatic carbocycles. The van der Waals surface area contributed by atoms with Gasteiger partial charge in [0, 0.05) is 17.5 Å². The molecule has 5 heteroatoms. The molecule has 0 aromatic carbocycles. The molecule has 122 valence electrons. The van der Waals surface area contributed by atoms with Gasteiger partial charge in [0.15, 0.2) is 11.3 Å². The van der Waals surface area contributed by atoms with Crippen LogP contribution in [-0.4, -0.2) is 25.7 Å². The van der Waals surface area contributed by atoms with E-state index >= 15 is 0 Å². The minimum absolute atomic E-state index is 0.0635. The molecule has 0 bridgehead atoms. The fraction of sp³-hybridized carbons (Fsp3) is 0.611. The number of nitrogens with zero attached hydrogens (tertiary/aromatic N) is 3. The predicted octanol–water partition coefficient (Wildman–Crippen LogP) is 3.67. The van der Waals surface area contributed by atoms with Gasteiger partial charge in [0.2, 0.25) is 0 Å². The van der Waals surface area contributed by atoms with Crippen LogP contribution in [0.4, 0.5) is 0 Å². The highest BCUT2D eigenvalue weighted by atomic mass is 16.4. The fourth-order valence-corrected chi connectivity index (χ4v) is 4.36. The lowest BCUT2D eigenvalue weighted by atomic mass is 9.51. The number of aromatic nitrogens is 3. The van der Waals surface area contributed by atoms with Gasteiger partial charge < -0.3 is 5.11 Å². The van der Waals surface area contributed by atoms with Gasteiger partial charge in [-0.3, -0.25) is 0 Å². The molecule has 0 atom stereocenters. The molecule has 2 aromatic rings. The Balaban J connectivity index is 1.63. The van der Waals surface area contributed by atoms with Crippen LogP contribution in [0, 0.1) is 11.3 Å². The largest absolute Gasteiger partial charge is 0.476 e. The monoisotopic (exact) mass is 313 g/mol. The second kappa shape index (κ2) is 5.05. The van der Waals surface area contributed by atoms with Crippen molar-refractivity contribution < 1.29 is 9.90 Å². The van der Waals surface area contributed by atoms with Gasteiger partial charge in [-0.2, -0.15) is 5.10 Å². The van der Waals surface area contributed by atoms with Crippen molar-refractivity contribution in [1.29, 1.82) is 0 Å². The molecule has 0 aliphatic heterocycles. The number of hydrogen-bond acceptors (Lipinski definition) is 3. The van der Waals surface area contributed by atoms with Crippen molar-refractivity contribution in [3.8, 4) is 0 Å². The molecule has 2 aromatic heterocycles. The van der Waals surface area contributed by atoms with E-state index in [1.54, 1.807) is 10.6 Å². The van der Waals surface area contributed by atoms with Crippen LogP contribution in [0.2, 0.25) is 0 Å². The molecule has 2 aliphatic rings. The lowest BCUT2D eigenvalue weighted by molar-refractivity contribution is -0.0243. The van der Waals surface area contributed by atoms with Crippen LogP contribution in [-0.2, 0) is 6.42 Å². The van der Waals surface area contributed by atoms with E-state index in [0.29, 0.717) is 11.1 Å². The maximum Gasteiger partial charge on any atom is 0.356 e. The molecular formula is C18H23N3O2. The zero-order chi connectivity index (χ0) is 16.2. The number of hydrogen-bond donors (Lipinski definition) is 1. The number of carboxylic acid groups (broad SMARTS) is 1. The summed E-state index contributed by atoms with van der Waals surface area (Å²) in [6.07, 6.45) is 7.93. The first-order chi connectivity index (χ1) is 11.0. The third-order valence-electron chi connectivity index (χ3n) is 5.67. The topological polar surface area (TPSA) is 67.5 Å². The summed E-state index contributed by atoms with van der Waals surface area (Å²) in [6, 6.07) is 3.69. The molecule has 0 saturated heterocycles. The molecule has 23 heavy (non-hydrogen) atoms. The first kappa shape index (κ1) is 14.7. The number of aromatic carboxylic acids is 1. The highest BCUT2D eigenvalue weighted by Crippen LogP contribution is 2.59. The van der Waals surface area contributed by atoms with Gasteiger partial charge in [0.25, 0.3) is 0 Å². The molecule has 0 unspecified atom stereocenters. The second-order valence-corrected chi connectivity index (χ2v) is 7.76. The summed E-state index contributed by atoms with van der Waals surface area (Å²) in [5, 5.41) is 13.4. The van der Waals surface area contributed by atoms with Gasteiger partial charge in [-0.25, -0.2) is 14.3 Å². The molecular weight excluding hydrogens is 290 g/mol. The Morgan fingerprint density at radius 2 is 2.13 bits per heavy atom. The van der Waals surface area contributed by atoms with Crippen LogP contribution in [0.1, 0.15) is 73.7 Å². The second-order valence-electron chi connectivity index (χ2n) is 7.76. The van der Waals surface area contributed by atoms with Crippen LogP contribution in [0.5, 0.6) is 0 Å². The summed E-state index contributed by atoms with van der Waals surface area (Å²) in [4.78, 5) is 15.8. The summed E-state index contributed by atoms with van der Waals surface area (Å²) in [6.45, 7) is 4.21. The van der Waals surface area contributed by atoms with Crippen LogP contribution in [0.15, 0.2) is 12.1 Å². The van der Waals surface area contributed by atoms with E-state index in [1.807, 2.05) is 0 Å². The summed E-state index contributed by atoms with van der Waals surface area (Å²) in [7, 11) is 0. The van der Waals surface area contributed by atoms with E-state index in [2.05, 4.69) is 30.0 Å². The molecule has 1 N–H and O–H groups in total. The average Bonchev–Trinajstić information content (AvgIpc) is 2.83. The quantitative estimate of drug-likeness (QED) is 0.935. The molecule has 4 rings (SSSR count). The van der Waals surface area contributed by atoms with E-state index < -0.39 is 5.97 Å². The van der Waals surface area contributed by atoms with E-state index in [4.69, 9.17) is 5.11 Å². The maximum atomic E-state index is 11.2. The molecule has 5 nitrogen and oxygen atoms in total. The number of carboxylic acids is 1. The lowest BCUT2D eigenvalue weighted by Crippen LogP contribution is -2.43. The third-order valence-corrected chi connectivity index (χ3v) is 5.67. The van der Waals surface area contributed by atoms with Gasteiger partial charge in [-0.15, -0.1) is 0 Å². The lowest BCUT2D eigenvalue weighted by Gasteiger charge is -2.54. The zero-order valence-electron chi connectivity index (χ0n) is 13.7. The Hall–Kier alpha value is -1.91. The molecule has 0 radical (unpaired) electrons. The van der Waals surface area contributed by atoms with Crippen LogP contribution in [0.3, 0.4) is 0 Å². The summed E-state index contributed by atoms with van der Waals surface area (Å²) in [5.41, 5.74) is 3.52. The van der Waals surface area contributed by atoms with Gasteiger partial charge in [0.1, 0.15) is 0 Å². The Kier molecular flexibility index (Phi) is 3.22. The Morgan fingerprint density at radius 3 is 2.70 bits per heavy atom. The van der Waals surface area contributed by atoms with Crippen LogP contribution >= 0.6 is 0 Å². The van der Waals surface area contributed by atoms with E-state index in [1.165, 1.54) is 32.1 Å². The van der Waals surface area contributed by atoms with Crippen molar-refractivity contribution in [2.75, 3.05) is 0 Å². The van der Waals surface area contributed by atoms with Crippen molar-refractivity contribution in [2.45, 2.75) is 58.3 Å². The van der Waals surface area contributed by atoms with E-state index in [9.17, 15) is 4.79 Å². The van der Waals surface area contributed by atoms with Crippen LogP contribution in [0.25, 0.3) is 5.65 Å². The number of rotatable bonds is 4.